The smallest absolute Gasteiger partial charge is 0.144 e. The van der Waals surface area contributed by atoms with Crippen molar-refractivity contribution in [2.24, 2.45) is 5.73 Å². The highest BCUT2D eigenvalue weighted by atomic mass is 35.5. The zero-order valence-electron chi connectivity index (χ0n) is 7.96. The number of hydrogen-bond donors (Lipinski definition) is 2. The van der Waals surface area contributed by atoms with Crippen LogP contribution in [0, 0.1) is 0 Å². The third-order valence-corrected chi connectivity index (χ3v) is 2.63. The average Bonchev–Trinajstić information content (AvgIpc) is 2.17. The molecular formula is C10H13ClN2O. The molecule has 1 heterocycles. The number of fused-ring (bicyclic) bond motifs is 1. The molecule has 0 bridgehead atoms. The normalized spacial score (nSPS) is 24.8. The van der Waals surface area contributed by atoms with E-state index in [1.807, 2.05) is 12.1 Å². The molecule has 2 rings (SSSR count). The molecule has 3 N–H and O–H groups in total. The van der Waals surface area contributed by atoms with Gasteiger partial charge in [0, 0.05) is 17.6 Å². The van der Waals surface area contributed by atoms with Crippen LogP contribution in [-0.2, 0) is 0 Å². The molecule has 1 aliphatic rings. The van der Waals surface area contributed by atoms with Crippen LogP contribution in [0.3, 0.4) is 0 Å². The SMILES string of the molecule is CC1Nc2ccc(Cl)cc2OC1CN. The lowest BCUT2D eigenvalue weighted by atomic mass is 10.1. The summed E-state index contributed by atoms with van der Waals surface area (Å²) in [7, 11) is 0. The lowest BCUT2D eigenvalue weighted by Crippen LogP contribution is -2.44. The molecule has 2 atom stereocenters. The molecule has 0 spiro atoms. The summed E-state index contributed by atoms with van der Waals surface area (Å²) in [6, 6.07) is 5.79. The molecule has 1 aliphatic heterocycles. The number of rotatable bonds is 1. The van der Waals surface area contributed by atoms with E-state index in [1.165, 1.54) is 0 Å². The van der Waals surface area contributed by atoms with Gasteiger partial charge in [0.25, 0.3) is 0 Å². The summed E-state index contributed by atoms with van der Waals surface area (Å²) in [6.07, 6.45) is 0.0148. The molecule has 2 unspecified atom stereocenters. The minimum atomic E-state index is 0.0148. The Morgan fingerprint density at radius 3 is 3.07 bits per heavy atom. The average molecular weight is 213 g/mol. The maximum atomic E-state index is 5.86. The van der Waals surface area contributed by atoms with Gasteiger partial charge in [-0.1, -0.05) is 11.6 Å². The van der Waals surface area contributed by atoms with Crippen molar-refractivity contribution >= 4 is 17.3 Å². The lowest BCUT2D eigenvalue weighted by molar-refractivity contribution is 0.182. The second-order valence-corrected chi connectivity index (χ2v) is 3.90. The van der Waals surface area contributed by atoms with Gasteiger partial charge < -0.3 is 15.8 Å². The van der Waals surface area contributed by atoms with Crippen molar-refractivity contribution in [3.05, 3.63) is 23.2 Å². The molecule has 0 amide bonds. The van der Waals surface area contributed by atoms with Crippen LogP contribution in [0.4, 0.5) is 5.69 Å². The fraction of sp³-hybridized carbons (Fsp3) is 0.400. The van der Waals surface area contributed by atoms with Crippen molar-refractivity contribution in [3.63, 3.8) is 0 Å². The van der Waals surface area contributed by atoms with Crippen molar-refractivity contribution in [1.29, 1.82) is 0 Å². The van der Waals surface area contributed by atoms with E-state index in [9.17, 15) is 0 Å². The summed E-state index contributed by atoms with van der Waals surface area (Å²) in [4.78, 5) is 0. The Hall–Kier alpha value is -0.930. The van der Waals surface area contributed by atoms with Crippen molar-refractivity contribution in [2.45, 2.75) is 19.1 Å². The molecule has 0 aliphatic carbocycles. The predicted octanol–water partition coefficient (Wildman–Crippen LogP) is 1.86. The predicted molar refractivity (Wildman–Crippen MR) is 58.0 cm³/mol. The Bertz CT molecular complexity index is 343. The third-order valence-electron chi connectivity index (χ3n) is 2.40. The Labute approximate surface area is 88.2 Å². The molecule has 0 fully saturated rings. The molecule has 0 saturated heterocycles. The first-order valence-corrected chi connectivity index (χ1v) is 5.01. The third kappa shape index (κ3) is 1.65. The highest BCUT2D eigenvalue weighted by molar-refractivity contribution is 6.30. The summed E-state index contributed by atoms with van der Waals surface area (Å²) >= 11 is 5.86. The van der Waals surface area contributed by atoms with Crippen LogP contribution in [0.5, 0.6) is 5.75 Å². The summed E-state index contributed by atoms with van der Waals surface area (Å²) < 4.78 is 5.70. The van der Waals surface area contributed by atoms with Crippen molar-refractivity contribution in [3.8, 4) is 5.75 Å². The Morgan fingerprint density at radius 2 is 2.36 bits per heavy atom. The second-order valence-electron chi connectivity index (χ2n) is 3.47. The van der Waals surface area contributed by atoms with E-state index in [1.54, 1.807) is 6.07 Å². The minimum absolute atomic E-state index is 0.0148. The molecule has 4 heteroatoms. The van der Waals surface area contributed by atoms with Gasteiger partial charge in [-0.05, 0) is 19.1 Å². The monoisotopic (exact) mass is 212 g/mol. The van der Waals surface area contributed by atoms with E-state index >= 15 is 0 Å². The standard InChI is InChI=1S/C10H13ClN2O/c1-6-10(5-12)14-9-4-7(11)2-3-8(9)13-6/h2-4,6,10,13H,5,12H2,1H3. The summed E-state index contributed by atoms with van der Waals surface area (Å²) in [5.74, 6) is 0.783. The molecule has 0 saturated carbocycles. The van der Waals surface area contributed by atoms with E-state index in [-0.39, 0.29) is 12.1 Å². The van der Waals surface area contributed by atoms with Crippen molar-refractivity contribution < 1.29 is 4.74 Å². The molecule has 0 aromatic heterocycles. The molecule has 1 aromatic carbocycles. The first-order chi connectivity index (χ1) is 6.70. The van der Waals surface area contributed by atoms with Gasteiger partial charge in [-0.15, -0.1) is 0 Å². The van der Waals surface area contributed by atoms with Gasteiger partial charge in [0.1, 0.15) is 11.9 Å². The van der Waals surface area contributed by atoms with E-state index in [0.29, 0.717) is 11.6 Å². The number of nitrogens with one attached hydrogen (secondary N) is 1. The van der Waals surface area contributed by atoms with Gasteiger partial charge in [-0.3, -0.25) is 0 Å². The van der Waals surface area contributed by atoms with Gasteiger partial charge in [0.15, 0.2) is 0 Å². The van der Waals surface area contributed by atoms with E-state index in [0.717, 1.165) is 11.4 Å². The van der Waals surface area contributed by atoms with E-state index < -0.39 is 0 Å². The van der Waals surface area contributed by atoms with Crippen LogP contribution in [0.1, 0.15) is 6.92 Å². The van der Waals surface area contributed by atoms with E-state index in [4.69, 9.17) is 22.1 Å². The first-order valence-electron chi connectivity index (χ1n) is 4.63. The zero-order chi connectivity index (χ0) is 10.1. The van der Waals surface area contributed by atoms with Crippen LogP contribution in [-0.4, -0.2) is 18.7 Å². The Kier molecular flexibility index (Phi) is 2.52. The second kappa shape index (κ2) is 3.67. The molecule has 3 nitrogen and oxygen atoms in total. The van der Waals surface area contributed by atoms with Gasteiger partial charge in [-0.2, -0.15) is 0 Å². The first kappa shape index (κ1) is 9.62. The fourth-order valence-electron chi connectivity index (χ4n) is 1.57. The highest BCUT2D eigenvalue weighted by Gasteiger charge is 2.24. The number of benzene rings is 1. The summed E-state index contributed by atoms with van der Waals surface area (Å²) in [5.41, 5.74) is 6.57. The van der Waals surface area contributed by atoms with Gasteiger partial charge >= 0.3 is 0 Å². The van der Waals surface area contributed by atoms with Crippen molar-refractivity contribution in [2.75, 3.05) is 11.9 Å². The number of ether oxygens (including phenoxy) is 1. The van der Waals surface area contributed by atoms with Gasteiger partial charge in [-0.25, -0.2) is 0 Å². The highest BCUT2D eigenvalue weighted by Crippen LogP contribution is 2.33. The molecule has 1 aromatic rings. The molecule has 14 heavy (non-hydrogen) atoms. The maximum Gasteiger partial charge on any atom is 0.144 e. The summed E-state index contributed by atoms with van der Waals surface area (Å²) in [5, 5.41) is 4.00. The molecule has 76 valence electrons. The topological polar surface area (TPSA) is 47.3 Å². The number of anilines is 1. The van der Waals surface area contributed by atoms with Crippen LogP contribution in [0.25, 0.3) is 0 Å². The van der Waals surface area contributed by atoms with Crippen LogP contribution in [0.15, 0.2) is 18.2 Å². The van der Waals surface area contributed by atoms with Crippen LogP contribution >= 0.6 is 11.6 Å². The largest absolute Gasteiger partial charge is 0.485 e. The lowest BCUT2D eigenvalue weighted by Gasteiger charge is -2.32. The van der Waals surface area contributed by atoms with Crippen LogP contribution in [0.2, 0.25) is 5.02 Å². The number of halogens is 1. The van der Waals surface area contributed by atoms with Crippen molar-refractivity contribution in [1.82, 2.24) is 0 Å². The van der Waals surface area contributed by atoms with Gasteiger partial charge in [0.2, 0.25) is 0 Å². The zero-order valence-corrected chi connectivity index (χ0v) is 8.71. The van der Waals surface area contributed by atoms with Gasteiger partial charge in [0.05, 0.1) is 11.7 Å². The molecular weight excluding hydrogens is 200 g/mol. The fourth-order valence-corrected chi connectivity index (χ4v) is 1.73. The number of nitrogens with two attached hydrogens (primary N) is 1. The van der Waals surface area contributed by atoms with Crippen LogP contribution < -0.4 is 15.8 Å². The Balaban J connectivity index is 2.31. The molecule has 0 radical (unpaired) electrons. The maximum absolute atomic E-state index is 5.86. The minimum Gasteiger partial charge on any atom is -0.485 e. The quantitative estimate of drug-likeness (QED) is 0.747. The summed E-state index contributed by atoms with van der Waals surface area (Å²) in [6.45, 7) is 2.55. The van der Waals surface area contributed by atoms with E-state index in [2.05, 4.69) is 12.2 Å². The Morgan fingerprint density at radius 1 is 1.57 bits per heavy atom. The number of hydrogen-bond acceptors (Lipinski definition) is 3.